The van der Waals surface area contributed by atoms with Crippen molar-refractivity contribution in [2.24, 2.45) is 0 Å². The molecule has 0 nitrogen and oxygen atoms in total. The summed E-state index contributed by atoms with van der Waals surface area (Å²) >= 11 is 1.82. The van der Waals surface area contributed by atoms with Gasteiger partial charge in [0, 0.05) is 4.90 Å². The molecule has 0 aliphatic rings. The summed E-state index contributed by atoms with van der Waals surface area (Å²) in [5, 5.41) is 5.31. The molecule has 0 spiro atoms. The van der Waals surface area contributed by atoms with Crippen LogP contribution in [0, 0.1) is 0 Å². The molecule has 0 bridgehead atoms. The Morgan fingerprint density at radius 3 is 1.79 bits per heavy atom. The third-order valence-corrected chi connectivity index (χ3v) is 8.97. The summed E-state index contributed by atoms with van der Waals surface area (Å²) in [5.41, 5.74) is 1.33. The first kappa shape index (κ1) is 16.8. The first-order chi connectivity index (χ1) is 11.7. The molecule has 0 unspecified atom stereocenters. The molecule has 0 N–H and O–H groups in total. The first-order valence-electron chi connectivity index (χ1n) is 8.21. The van der Waals surface area contributed by atoms with Gasteiger partial charge in [-0.15, -0.1) is 0 Å². The maximum absolute atomic E-state index is 2.44. The van der Waals surface area contributed by atoms with Gasteiger partial charge in [0.25, 0.3) is 0 Å². The molecule has 0 fully saturated rings. The van der Waals surface area contributed by atoms with E-state index < -0.39 is 8.07 Å². The van der Waals surface area contributed by atoms with Crippen molar-refractivity contribution >= 4 is 30.2 Å². The molecule has 0 aliphatic carbocycles. The van der Waals surface area contributed by atoms with Gasteiger partial charge >= 0.3 is 0 Å². The molecule has 0 amide bonds. The number of hydrogen-bond acceptors (Lipinski definition) is 1. The molecule has 0 atom stereocenters. The zero-order chi connectivity index (χ0) is 16.8. The van der Waals surface area contributed by atoms with E-state index in [0.29, 0.717) is 0 Å². The van der Waals surface area contributed by atoms with Gasteiger partial charge in [-0.1, -0.05) is 109 Å². The first-order valence-corrected chi connectivity index (χ1v) is 12.1. The zero-order valence-electron chi connectivity index (χ0n) is 14.1. The highest BCUT2D eigenvalue weighted by atomic mass is 32.2. The molecule has 24 heavy (non-hydrogen) atoms. The fraction of sp³-hybridized carbons (Fsp3) is 0.0909. The van der Waals surface area contributed by atoms with Crippen LogP contribution in [0.4, 0.5) is 0 Å². The second-order valence-electron chi connectivity index (χ2n) is 6.32. The number of benzene rings is 3. The number of rotatable bonds is 5. The standard InChI is InChI=1S/C22H22SSi/c1-24(2,21-16-10-5-11-17-21)22(19-12-6-3-7-13-19)18-23-20-14-8-4-9-15-20/h3-18H,1-2H3/b22-18+. The minimum absolute atomic E-state index is 1.28. The van der Waals surface area contributed by atoms with Crippen LogP contribution in [0.5, 0.6) is 0 Å². The molecule has 0 saturated heterocycles. The summed E-state index contributed by atoms with van der Waals surface area (Å²) in [6.45, 7) is 4.87. The van der Waals surface area contributed by atoms with Crippen LogP contribution in [0.3, 0.4) is 0 Å². The highest BCUT2D eigenvalue weighted by molar-refractivity contribution is 8.02. The third-order valence-electron chi connectivity index (χ3n) is 4.31. The lowest BCUT2D eigenvalue weighted by atomic mass is 10.2. The smallest absolute Gasteiger partial charge is 0.0982 e. The second kappa shape index (κ2) is 7.69. The van der Waals surface area contributed by atoms with Crippen LogP contribution >= 0.6 is 11.8 Å². The molecule has 3 aromatic carbocycles. The summed E-state index contributed by atoms with van der Waals surface area (Å²) in [6, 6.07) is 32.3. The monoisotopic (exact) mass is 346 g/mol. The van der Waals surface area contributed by atoms with Crippen LogP contribution in [0.2, 0.25) is 13.1 Å². The Morgan fingerprint density at radius 2 is 1.21 bits per heavy atom. The number of hydrogen-bond donors (Lipinski definition) is 0. The Bertz CT molecular complexity index is 793. The topological polar surface area (TPSA) is 0 Å². The second-order valence-corrected chi connectivity index (χ2v) is 11.6. The fourth-order valence-electron chi connectivity index (χ4n) is 2.83. The van der Waals surface area contributed by atoms with Crippen molar-refractivity contribution in [1.29, 1.82) is 0 Å². The summed E-state index contributed by atoms with van der Waals surface area (Å²) in [5.74, 6) is 0. The summed E-state index contributed by atoms with van der Waals surface area (Å²) in [7, 11) is -1.76. The predicted molar refractivity (Wildman–Crippen MR) is 110 cm³/mol. The van der Waals surface area contributed by atoms with Crippen molar-refractivity contribution in [1.82, 2.24) is 0 Å². The Morgan fingerprint density at radius 1 is 0.708 bits per heavy atom. The van der Waals surface area contributed by atoms with E-state index in [1.54, 1.807) is 0 Å². The molecule has 0 aromatic heterocycles. The van der Waals surface area contributed by atoms with Gasteiger partial charge in [0.05, 0.1) is 0 Å². The van der Waals surface area contributed by atoms with Gasteiger partial charge < -0.3 is 0 Å². The highest BCUT2D eigenvalue weighted by Gasteiger charge is 2.29. The van der Waals surface area contributed by atoms with Crippen LogP contribution in [-0.2, 0) is 0 Å². The van der Waals surface area contributed by atoms with E-state index in [1.165, 1.54) is 20.8 Å². The van der Waals surface area contributed by atoms with E-state index in [0.717, 1.165) is 0 Å². The summed E-state index contributed by atoms with van der Waals surface area (Å²) in [4.78, 5) is 1.28. The highest BCUT2D eigenvalue weighted by Crippen LogP contribution is 2.31. The van der Waals surface area contributed by atoms with Crippen LogP contribution < -0.4 is 5.19 Å². The van der Waals surface area contributed by atoms with Crippen molar-refractivity contribution in [3.8, 4) is 0 Å². The summed E-state index contributed by atoms with van der Waals surface area (Å²) in [6.07, 6.45) is 0. The maximum atomic E-state index is 2.44. The van der Waals surface area contributed by atoms with Crippen molar-refractivity contribution in [2.45, 2.75) is 18.0 Å². The van der Waals surface area contributed by atoms with Gasteiger partial charge in [0.15, 0.2) is 0 Å². The lowest BCUT2D eigenvalue weighted by molar-refractivity contribution is 1.47. The molecule has 2 heteroatoms. The van der Waals surface area contributed by atoms with Gasteiger partial charge in [-0.05, 0) is 28.3 Å². The van der Waals surface area contributed by atoms with Crippen molar-refractivity contribution in [2.75, 3.05) is 0 Å². The Kier molecular flexibility index (Phi) is 5.39. The molecule has 3 aromatic rings. The largest absolute Gasteiger partial charge is 0.113 e. The van der Waals surface area contributed by atoms with Crippen LogP contribution in [0.25, 0.3) is 5.20 Å². The third kappa shape index (κ3) is 3.89. The van der Waals surface area contributed by atoms with Crippen LogP contribution in [-0.4, -0.2) is 8.07 Å². The zero-order valence-corrected chi connectivity index (χ0v) is 16.0. The van der Waals surface area contributed by atoms with Gasteiger partial charge in [0.2, 0.25) is 0 Å². The van der Waals surface area contributed by atoms with Crippen LogP contribution in [0.1, 0.15) is 5.56 Å². The quantitative estimate of drug-likeness (QED) is 0.405. The van der Waals surface area contributed by atoms with Gasteiger partial charge in [-0.25, -0.2) is 0 Å². The van der Waals surface area contributed by atoms with E-state index in [-0.39, 0.29) is 0 Å². The summed E-state index contributed by atoms with van der Waals surface area (Å²) < 4.78 is 0. The predicted octanol–water partition coefficient (Wildman–Crippen LogP) is 5.97. The van der Waals surface area contributed by atoms with Crippen molar-refractivity contribution in [3.05, 3.63) is 102 Å². The SMILES string of the molecule is C[Si](C)(/C(=C/Sc1ccccc1)c1ccccc1)c1ccccc1. The molecule has 0 heterocycles. The minimum Gasteiger partial charge on any atom is -0.0982 e. The lowest BCUT2D eigenvalue weighted by Crippen LogP contribution is -2.42. The molecule has 0 aliphatic heterocycles. The molecular formula is C22H22SSi. The average Bonchev–Trinajstić information content (AvgIpc) is 2.64. The average molecular weight is 347 g/mol. The maximum Gasteiger partial charge on any atom is 0.113 e. The fourth-order valence-corrected chi connectivity index (χ4v) is 7.11. The van der Waals surface area contributed by atoms with Crippen molar-refractivity contribution in [3.63, 3.8) is 0 Å². The molecule has 120 valence electrons. The Hall–Kier alpha value is -2.03. The van der Waals surface area contributed by atoms with E-state index in [4.69, 9.17) is 0 Å². The minimum atomic E-state index is -1.76. The number of thioether (sulfide) groups is 1. The normalized spacial score (nSPS) is 12.2. The molecule has 3 rings (SSSR count). The molecule has 0 saturated carbocycles. The molecule has 0 radical (unpaired) electrons. The van der Waals surface area contributed by atoms with E-state index in [2.05, 4.69) is 109 Å². The lowest BCUT2D eigenvalue weighted by Gasteiger charge is -2.27. The van der Waals surface area contributed by atoms with E-state index >= 15 is 0 Å². The van der Waals surface area contributed by atoms with Gasteiger partial charge in [0.1, 0.15) is 8.07 Å². The van der Waals surface area contributed by atoms with Gasteiger partial charge in [-0.3, -0.25) is 0 Å². The van der Waals surface area contributed by atoms with E-state index in [1.807, 2.05) is 11.8 Å². The Labute approximate surface area is 150 Å². The Balaban J connectivity index is 2.02. The van der Waals surface area contributed by atoms with Gasteiger partial charge in [-0.2, -0.15) is 0 Å². The van der Waals surface area contributed by atoms with Crippen molar-refractivity contribution < 1.29 is 0 Å². The van der Waals surface area contributed by atoms with Crippen LogP contribution in [0.15, 0.2) is 101 Å². The van der Waals surface area contributed by atoms with E-state index in [9.17, 15) is 0 Å². The molecular weight excluding hydrogens is 324 g/mol.